The van der Waals surface area contributed by atoms with Crippen LogP contribution in [0.4, 0.5) is 0 Å². The Morgan fingerprint density at radius 2 is 1.92 bits per heavy atom. The molecule has 1 nitrogen and oxygen atoms in total. The number of ether oxygens (including phenoxy) is 1. The van der Waals surface area contributed by atoms with Crippen molar-refractivity contribution in [1.82, 2.24) is 0 Å². The van der Waals surface area contributed by atoms with Crippen molar-refractivity contribution in [2.45, 2.75) is 34.1 Å². The zero-order valence-electron chi connectivity index (χ0n) is 8.98. The molecule has 0 bridgehead atoms. The highest BCUT2D eigenvalue weighted by molar-refractivity contribution is 6.30. The lowest BCUT2D eigenvalue weighted by atomic mass is 10.2. The van der Waals surface area contributed by atoms with Crippen LogP contribution in [-0.2, 0) is 4.74 Å². The van der Waals surface area contributed by atoms with Gasteiger partial charge in [-0.1, -0.05) is 45.5 Å². The molecule has 76 valence electrons. The summed E-state index contributed by atoms with van der Waals surface area (Å²) in [5, 5.41) is 0.678. The van der Waals surface area contributed by atoms with Crippen LogP contribution in [-0.4, -0.2) is 0 Å². The van der Waals surface area contributed by atoms with Crippen LogP contribution in [0.25, 0.3) is 0 Å². The summed E-state index contributed by atoms with van der Waals surface area (Å²) in [6, 6.07) is 0. The average molecular weight is 203 g/mol. The number of hydrogen-bond donors (Lipinski definition) is 0. The van der Waals surface area contributed by atoms with E-state index in [1.807, 2.05) is 27.7 Å². The van der Waals surface area contributed by atoms with E-state index >= 15 is 0 Å². The summed E-state index contributed by atoms with van der Waals surface area (Å²) >= 11 is 5.85. The number of halogens is 1. The Balaban J connectivity index is 0. The molecule has 13 heavy (non-hydrogen) atoms. The second-order valence-electron chi connectivity index (χ2n) is 2.15. The summed E-state index contributed by atoms with van der Waals surface area (Å²) in [4.78, 5) is 0. The van der Waals surface area contributed by atoms with Gasteiger partial charge in [-0.15, -0.1) is 0 Å². The molecule has 0 aromatic rings. The molecule has 0 N–H and O–H groups in total. The van der Waals surface area contributed by atoms with E-state index in [1.54, 1.807) is 0 Å². The van der Waals surface area contributed by atoms with E-state index < -0.39 is 0 Å². The van der Waals surface area contributed by atoms with Gasteiger partial charge >= 0.3 is 0 Å². The van der Waals surface area contributed by atoms with Crippen LogP contribution >= 0.6 is 11.6 Å². The molecule has 2 heteroatoms. The fourth-order valence-corrected chi connectivity index (χ4v) is 0.846. The van der Waals surface area contributed by atoms with E-state index in [0.717, 1.165) is 12.0 Å². The number of allylic oxidation sites excluding steroid dienone is 2. The highest BCUT2D eigenvalue weighted by Crippen LogP contribution is 2.20. The zero-order valence-corrected chi connectivity index (χ0v) is 9.74. The Morgan fingerprint density at radius 3 is 2.15 bits per heavy atom. The van der Waals surface area contributed by atoms with Crippen LogP contribution in [0.2, 0.25) is 0 Å². The monoisotopic (exact) mass is 202 g/mol. The van der Waals surface area contributed by atoms with Gasteiger partial charge in [0.1, 0.15) is 5.76 Å². The molecule has 0 radical (unpaired) electrons. The van der Waals surface area contributed by atoms with Crippen molar-refractivity contribution in [3.05, 3.63) is 35.8 Å². The highest BCUT2D eigenvalue weighted by Gasteiger charge is 2.03. The van der Waals surface area contributed by atoms with E-state index in [9.17, 15) is 0 Å². The van der Waals surface area contributed by atoms with Crippen LogP contribution < -0.4 is 0 Å². The average Bonchev–Trinajstić information content (AvgIpc) is 2.15. The molecule has 0 aliphatic rings. The van der Waals surface area contributed by atoms with Crippen LogP contribution in [0.5, 0.6) is 0 Å². The molecule has 0 fully saturated rings. The van der Waals surface area contributed by atoms with Gasteiger partial charge < -0.3 is 4.74 Å². The predicted molar refractivity (Wildman–Crippen MR) is 60.6 cm³/mol. The molecule has 0 aliphatic carbocycles. The maximum Gasteiger partial charge on any atom is 0.143 e. The first kappa shape index (κ1) is 14.8. The fraction of sp³-hybridized carbons (Fsp3) is 0.455. The van der Waals surface area contributed by atoms with Gasteiger partial charge in [-0.25, -0.2) is 0 Å². The third kappa shape index (κ3) is 6.47. The Bertz CT molecular complexity index is 192. The van der Waals surface area contributed by atoms with Crippen molar-refractivity contribution < 1.29 is 4.74 Å². The van der Waals surface area contributed by atoms with E-state index in [4.69, 9.17) is 16.3 Å². The third-order valence-electron chi connectivity index (χ3n) is 1.15. The van der Waals surface area contributed by atoms with Crippen LogP contribution in [0, 0.1) is 0 Å². The zero-order chi connectivity index (χ0) is 10.9. The van der Waals surface area contributed by atoms with Gasteiger partial charge in [0.05, 0.1) is 11.3 Å². The largest absolute Gasteiger partial charge is 0.464 e. The van der Waals surface area contributed by atoms with Crippen LogP contribution in [0.15, 0.2) is 35.8 Å². The molecule has 0 aliphatic heterocycles. The van der Waals surface area contributed by atoms with Gasteiger partial charge in [0.2, 0.25) is 0 Å². The molecule has 0 saturated heterocycles. The molecular weight excluding hydrogens is 184 g/mol. The van der Waals surface area contributed by atoms with Crippen LogP contribution in [0.1, 0.15) is 34.1 Å². The van der Waals surface area contributed by atoms with E-state index in [0.29, 0.717) is 10.8 Å². The van der Waals surface area contributed by atoms with E-state index in [-0.39, 0.29) is 0 Å². The Morgan fingerprint density at radius 1 is 1.46 bits per heavy atom. The lowest BCUT2D eigenvalue weighted by Crippen LogP contribution is -1.89. The van der Waals surface area contributed by atoms with Gasteiger partial charge in [-0.3, -0.25) is 0 Å². The first-order valence-corrected chi connectivity index (χ1v) is 4.83. The quantitative estimate of drug-likeness (QED) is 0.478. The van der Waals surface area contributed by atoms with Gasteiger partial charge in [0.25, 0.3) is 0 Å². The molecular formula is C11H19ClO. The summed E-state index contributed by atoms with van der Waals surface area (Å²) in [5.74, 6) is 0.629. The fourth-order valence-electron chi connectivity index (χ4n) is 0.640. The molecule has 0 spiro atoms. The minimum absolute atomic E-state index is 0.629. The molecule has 0 unspecified atom stereocenters. The maximum absolute atomic E-state index is 5.85. The smallest absolute Gasteiger partial charge is 0.143 e. The first-order chi connectivity index (χ1) is 6.13. The molecule has 0 aromatic heterocycles. The lowest BCUT2D eigenvalue weighted by molar-refractivity contribution is 0.359. The molecule has 0 atom stereocenters. The Labute approximate surface area is 86.7 Å². The van der Waals surface area contributed by atoms with Gasteiger partial charge in [-0.05, 0) is 18.9 Å². The molecule has 0 amide bonds. The first-order valence-electron chi connectivity index (χ1n) is 4.45. The standard InChI is InChI=1S/C9H13ClO.C2H6/c1-5-8(10)9(7(3)4)11-6-2;1-2/h6H,2-3,5H2,1,4H3;1-2H3/b9-8-;. The number of hydrogen-bond acceptors (Lipinski definition) is 1. The van der Waals surface area contributed by atoms with Gasteiger partial charge in [0, 0.05) is 0 Å². The Hall–Kier alpha value is -0.690. The SMILES string of the molecule is C=CO/C(C(=C)C)=C(\Cl)CC.CC. The summed E-state index contributed by atoms with van der Waals surface area (Å²) in [7, 11) is 0. The molecule has 0 heterocycles. The summed E-state index contributed by atoms with van der Waals surface area (Å²) in [6.07, 6.45) is 2.10. The maximum atomic E-state index is 5.85. The van der Waals surface area contributed by atoms with Crippen molar-refractivity contribution in [2.75, 3.05) is 0 Å². The highest BCUT2D eigenvalue weighted by atomic mass is 35.5. The van der Waals surface area contributed by atoms with Gasteiger partial charge in [-0.2, -0.15) is 0 Å². The van der Waals surface area contributed by atoms with E-state index in [1.165, 1.54) is 6.26 Å². The topological polar surface area (TPSA) is 9.23 Å². The van der Waals surface area contributed by atoms with Gasteiger partial charge in [0.15, 0.2) is 0 Å². The minimum atomic E-state index is 0.629. The molecule has 0 saturated carbocycles. The number of rotatable bonds is 4. The second-order valence-corrected chi connectivity index (χ2v) is 2.61. The summed E-state index contributed by atoms with van der Waals surface area (Å²) in [5.41, 5.74) is 0.816. The summed E-state index contributed by atoms with van der Waals surface area (Å²) < 4.78 is 5.07. The summed E-state index contributed by atoms with van der Waals surface area (Å²) in [6.45, 7) is 15.0. The van der Waals surface area contributed by atoms with Crippen molar-refractivity contribution in [3.63, 3.8) is 0 Å². The van der Waals surface area contributed by atoms with Crippen molar-refractivity contribution in [3.8, 4) is 0 Å². The normalized spacial score (nSPS) is 10.5. The van der Waals surface area contributed by atoms with Crippen molar-refractivity contribution in [2.24, 2.45) is 0 Å². The molecule has 0 rings (SSSR count). The molecule has 0 aromatic carbocycles. The Kier molecular flexibility index (Phi) is 10.7. The second kappa shape index (κ2) is 9.40. The predicted octanol–water partition coefficient (Wildman–Crippen LogP) is 4.61. The van der Waals surface area contributed by atoms with Crippen LogP contribution in [0.3, 0.4) is 0 Å². The third-order valence-corrected chi connectivity index (χ3v) is 1.58. The van der Waals surface area contributed by atoms with Crippen molar-refractivity contribution in [1.29, 1.82) is 0 Å². The van der Waals surface area contributed by atoms with E-state index in [2.05, 4.69) is 13.2 Å². The minimum Gasteiger partial charge on any atom is -0.464 e. The van der Waals surface area contributed by atoms with Crippen molar-refractivity contribution >= 4 is 11.6 Å². The lowest BCUT2D eigenvalue weighted by Gasteiger charge is -2.06.